The smallest absolute Gasteiger partial charge is 0.260 e. The highest BCUT2D eigenvalue weighted by Gasteiger charge is 2.22. The standard InChI is InChI=1S/C14H25N3O3/c1-7-17(9-14(4,5)19)12(18)8-20-13-10(2)15-16(6)11(13)3/h19H,7-9H2,1-6H3. The molecule has 0 aromatic carbocycles. The van der Waals surface area contributed by atoms with E-state index in [1.807, 2.05) is 27.8 Å². The summed E-state index contributed by atoms with van der Waals surface area (Å²) >= 11 is 0. The minimum absolute atomic E-state index is 0.0444. The number of likely N-dealkylation sites (N-methyl/N-ethyl adjacent to an activating group) is 1. The highest BCUT2D eigenvalue weighted by Crippen LogP contribution is 2.21. The van der Waals surface area contributed by atoms with Crippen molar-refractivity contribution in [1.82, 2.24) is 14.7 Å². The Kier molecular flexibility index (Phi) is 5.16. The third-order valence-electron chi connectivity index (χ3n) is 3.09. The zero-order chi connectivity index (χ0) is 15.5. The predicted molar refractivity (Wildman–Crippen MR) is 76.7 cm³/mol. The van der Waals surface area contributed by atoms with Crippen molar-refractivity contribution in [3.63, 3.8) is 0 Å². The van der Waals surface area contributed by atoms with Crippen molar-refractivity contribution in [3.05, 3.63) is 11.4 Å². The number of aromatic nitrogens is 2. The number of amides is 1. The quantitative estimate of drug-likeness (QED) is 0.847. The van der Waals surface area contributed by atoms with E-state index in [1.54, 1.807) is 23.4 Å². The van der Waals surface area contributed by atoms with Gasteiger partial charge in [0.2, 0.25) is 0 Å². The molecule has 0 spiro atoms. The molecule has 0 aliphatic rings. The SMILES string of the molecule is CCN(CC(C)(C)O)C(=O)COc1c(C)nn(C)c1C. The number of hydrogen-bond acceptors (Lipinski definition) is 4. The Labute approximate surface area is 120 Å². The van der Waals surface area contributed by atoms with Gasteiger partial charge in [0.15, 0.2) is 12.4 Å². The summed E-state index contributed by atoms with van der Waals surface area (Å²) < 4.78 is 7.32. The molecule has 0 saturated carbocycles. The zero-order valence-electron chi connectivity index (χ0n) is 13.2. The van der Waals surface area contributed by atoms with E-state index in [2.05, 4.69) is 5.10 Å². The molecule has 20 heavy (non-hydrogen) atoms. The van der Waals surface area contributed by atoms with Crippen molar-refractivity contribution < 1.29 is 14.6 Å². The van der Waals surface area contributed by atoms with Crippen LogP contribution in [0.5, 0.6) is 5.75 Å². The second-order valence-electron chi connectivity index (χ2n) is 5.63. The van der Waals surface area contributed by atoms with Crippen molar-refractivity contribution in [3.8, 4) is 5.75 Å². The second-order valence-corrected chi connectivity index (χ2v) is 5.63. The van der Waals surface area contributed by atoms with Gasteiger partial charge in [-0.2, -0.15) is 5.10 Å². The van der Waals surface area contributed by atoms with Crippen LogP contribution in [0.25, 0.3) is 0 Å². The van der Waals surface area contributed by atoms with Gasteiger partial charge in [0.1, 0.15) is 5.69 Å². The van der Waals surface area contributed by atoms with E-state index in [4.69, 9.17) is 4.74 Å². The molecule has 0 fully saturated rings. The molecule has 6 nitrogen and oxygen atoms in total. The van der Waals surface area contributed by atoms with Crippen molar-refractivity contribution >= 4 is 5.91 Å². The van der Waals surface area contributed by atoms with Crippen LogP contribution in [0.15, 0.2) is 0 Å². The summed E-state index contributed by atoms with van der Waals surface area (Å²) in [4.78, 5) is 13.7. The number of aliphatic hydroxyl groups is 1. The summed E-state index contributed by atoms with van der Waals surface area (Å²) in [7, 11) is 1.84. The lowest BCUT2D eigenvalue weighted by molar-refractivity contribution is -0.136. The van der Waals surface area contributed by atoms with Crippen molar-refractivity contribution in [2.24, 2.45) is 7.05 Å². The van der Waals surface area contributed by atoms with E-state index in [0.29, 0.717) is 12.3 Å². The molecule has 6 heteroatoms. The Balaban J connectivity index is 2.66. The molecule has 1 amide bonds. The lowest BCUT2D eigenvalue weighted by Gasteiger charge is -2.28. The maximum atomic E-state index is 12.1. The molecular weight excluding hydrogens is 258 g/mol. The molecular formula is C14H25N3O3. The Morgan fingerprint density at radius 3 is 2.45 bits per heavy atom. The van der Waals surface area contributed by atoms with Crippen LogP contribution < -0.4 is 4.74 Å². The molecule has 1 N–H and O–H groups in total. The highest BCUT2D eigenvalue weighted by molar-refractivity contribution is 5.77. The van der Waals surface area contributed by atoms with Gasteiger partial charge in [0, 0.05) is 20.1 Å². The molecule has 0 bridgehead atoms. The van der Waals surface area contributed by atoms with Gasteiger partial charge in [-0.05, 0) is 34.6 Å². The van der Waals surface area contributed by atoms with E-state index in [0.717, 1.165) is 11.4 Å². The summed E-state index contributed by atoms with van der Waals surface area (Å²) in [5.74, 6) is 0.512. The average Bonchev–Trinajstić information content (AvgIpc) is 2.57. The number of hydrogen-bond donors (Lipinski definition) is 1. The molecule has 1 rings (SSSR count). The fraction of sp³-hybridized carbons (Fsp3) is 0.714. The fourth-order valence-electron chi connectivity index (χ4n) is 2.03. The first kappa shape index (κ1) is 16.5. The number of rotatable bonds is 6. The van der Waals surface area contributed by atoms with Crippen LogP contribution >= 0.6 is 0 Å². The number of aryl methyl sites for hydroxylation is 2. The molecule has 0 atom stereocenters. The molecule has 1 aromatic rings. The fourth-order valence-corrected chi connectivity index (χ4v) is 2.03. The first-order chi connectivity index (χ1) is 9.15. The van der Waals surface area contributed by atoms with Gasteiger partial charge in [-0.3, -0.25) is 9.48 Å². The van der Waals surface area contributed by atoms with E-state index in [-0.39, 0.29) is 19.1 Å². The third kappa shape index (κ3) is 4.23. The zero-order valence-corrected chi connectivity index (χ0v) is 13.2. The predicted octanol–water partition coefficient (Wildman–Crippen LogP) is 1.04. The third-order valence-corrected chi connectivity index (χ3v) is 3.09. The van der Waals surface area contributed by atoms with Gasteiger partial charge in [-0.15, -0.1) is 0 Å². The minimum atomic E-state index is -0.911. The number of nitrogens with zero attached hydrogens (tertiary/aromatic N) is 3. The molecule has 1 heterocycles. The molecule has 1 aromatic heterocycles. The Morgan fingerprint density at radius 2 is 2.05 bits per heavy atom. The maximum Gasteiger partial charge on any atom is 0.260 e. The van der Waals surface area contributed by atoms with Gasteiger partial charge in [-0.1, -0.05) is 0 Å². The van der Waals surface area contributed by atoms with Gasteiger partial charge >= 0.3 is 0 Å². The van der Waals surface area contributed by atoms with E-state index >= 15 is 0 Å². The minimum Gasteiger partial charge on any atom is -0.480 e. The monoisotopic (exact) mass is 283 g/mol. The van der Waals surface area contributed by atoms with Gasteiger partial charge < -0.3 is 14.7 Å². The van der Waals surface area contributed by atoms with Crippen LogP contribution in [0.2, 0.25) is 0 Å². The summed E-state index contributed by atoms with van der Waals surface area (Å²) in [6.07, 6.45) is 0. The number of carbonyl (C=O) groups is 1. The maximum absolute atomic E-state index is 12.1. The summed E-state index contributed by atoms with van der Waals surface area (Å²) in [6.45, 7) is 9.77. The van der Waals surface area contributed by atoms with Gasteiger partial charge in [-0.25, -0.2) is 0 Å². The van der Waals surface area contributed by atoms with Crippen LogP contribution in [-0.4, -0.2) is 51.0 Å². The van der Waals surface area contributed by atoms with Crippen LogP contribution in [-0.2, 0) is 11.8 Å². The van der Waals surface area contributed by atoms with Crippen LogP contribution in [0.1, 0.15) is 32.2 Å². The topological polar surface area (TPSA) is 67.6 Å². The summed E-state index contributed by atoms with van der Waals surface area (Å²) in [5.41, 5.74) is 0.746. The molecule has 0 aliphatic carbocycles. The molecule has 0 radical (unpaired) electrons. The van der Waals surface area contributed by atoms with E-state index in [1.165, 1.54) is 0 Å². The van der Waals surface area contributed by atoms with Crippen LogP contribution in [0.3, 0.4) is 0 Å². The van der Waals surface area contributed by atoms with E-state index in [9.17, 15) is 9.90 Å². The molecule has 0 unspecified atom stereocenters. The Bertz CT molecular complexity index is 475. The largest absolute Gasteiger partial charge is 0.480 e. The summed E-state index contributed by atoms with van der Waals surface area (Å²) in [5, 5.41) is 14.0. The summed E-state index contributed by atoms with van der Waals surface area (Å²) in [6, 6.07) is 0. The highest BCUT2D eigenvalue weighted by atomic mass is 16.5. The van der Waals surface area contributed by atoms with Gasteiger partial charge in [0.25, 0.3) is 5.91 Å². The van der Waals surface area contributed by atoms with E-state index < -0.39 is 5.60 Å². The van der Waals surface area contributed by atoms with Crippen LogP contribution in [0.4, 0.5) is 0 Å². The normalized spacial score (nSPS) is 11.6. The number of ether oxygens (including phenoxy) is 1. The lowest BCUT2D eigenvalue weighted by atomic mass is 10.1. The van der Waals surface area contributed by atoms with Crippen molar-refractivity contribution in [1.29, 1.82) is 0 Å². The average molecular weight is 283 g/mol. The second kappa shape index (κ2) is 6.26. The lowest BCUT2D eigenvalue weighted by Crippen LogP contribution is -2.44. The van der Waals surface area contributed by atoms with Gasteiger partial charge in [0.05, 0.1) is 11.3 Å². The Morgan fingerprint density at radius 1 is 1.45 bits per heavy atom. The first-order valence-corrected chi connectivity index (χ1v) is 6.79. The molecule has 0 aliphatic heterocycles. The molecule has 0 saturated heterocycles. The first-order valence-electron chi connectivity index (χ1n) is 6.79. The molecule has 114 valence electrons. The number of carbonyl (C=O) groups excluding carboxylic acids is 1. The Hall–Kier alpha value is -1.56. The van der Waals surface area contributed by atoms with Crippen molar-refractivity contribution in [2.45, 2.75) is 40.2 Å². The van der Waals surface area contributed by atoms with Crippen molar-refractivity contribution in [2.75, 3.05) is 19.7 Å². The van der Waals surface area contributed by atoms with Crippen LogP contribution in [0, 0.1) is 13.8 Å².